The first-order valence-corrected chi connectivity index (χ1v) is 9.40. The summed E-state index contributed by atoms with van der Waals surface area (Å²) in [6, 6.07) is 9.22. The molecule has 1 amide bonds. The van der Waals surface area contributed by atoms with E-state index in [4.69, 9.17) is 14.2 Å². The fourth-order valence-corrected chi connectivity index (χ4v) is 3.93. The van der Waals surface area contributed by atoms with Gasteiger partial charge in [0, 0.05) is 13.0 Å². The first kappa shape index (κ1) is 16.5. The fraction of sp³-hybridized carbons (Fsp3) is 0.235. The van der Waals surface area contributed by atoms with E-state index in [2.05, 4.69) is 4.72 Å². The largest absolute Gasteiger partial charge is 0.490 e. The van der Waals surface area contributed by atoms with Crippen LogP contribution in [-0.4, -0.2) is 34.3 Å². The third kappa shape index (κ3) is 2.90. The van der Waals surface area contributed by atoms with Crippen molar-refractivity contribution in [2.75, 3.05) is 29.6 Å². The summed E-state index contributed by atoms with van der Waals surface area (Å²) in [4.78, 5) is 13.4. The predicted molar refractivity (Wildman–Crippen MR) is 93.3 cm³/mol. The van der Waals surface area contributed by atoms with Gasteiger partial charge >= 0.3 is 0 Å². The van der Waals surface area contributed by atoms with Crippen molar-refractivity contribution in [1.82, 2.24) is 0 Å². The molecule has 2 aromatic carbocycles. The highest BCUT2D eigenvalue weighted by Crippen LogP contribution is 2.36. The van der Waals surface area contributed by atoms with Crippen LogP contribution in [0.4, 0.5) is 11.4 Å². The maximum atomic E-state index is 12.7. The van der Waals surface area contributed by atoms with Crippen LogP contribution >= 0.6 is 0 Å². The molecule has 0 spiro atoms. The molecule has 0 bridgehead atoms. The molecule has 0 saturated carbocycles. The van der Waals surface area contributed by atoms with Crippen molar-refractivity contribution in [2.24, 2.45) is 0 Å². The molecule has 2 aromatic rings. The number of fused-ring (bicyclic) bond motifs is 2. The molecule has 0 fully saturated rings. The number of benzene rings is 2. The molecule has 136 valence electrons. The van der Waals surface area contributed by atoms with Crippen LogP contribution in [0.3, 0.4) is 0 Å². The molecule has 2 aliphatic rings. The fourth-order valence-electron chi connectivity index (χ4n) is 2.87. The van der Waals surface area contributed by atoms with Crippen LogP contribution in [0.15, 0.2) is 41.3 Å². The summed E-state index contributed by atoms with van der Waals surface area (Å²) < 4.78 is 43.8. The summed E-state index contributed by atoms with van der Waals surface area (Å²) in [6.45, 7) is 2.34. The lowest BCUT2D eigenvalue weighted by Crippen LogP contribution is -2.36. The number of nitrogens with zero attached hydrogens (tertiary/aromatic N) is 1. The highest BCUT2D eigenvalue weighted by molar-refractivity contribution is 7.92. The van der Waals surface area contributed by atoms with Crippen molar-refractivity contribution in [3.8, 4) is 17.2 Å². The van der Waals surface area contributed by atoms with Crippen LogP contribution in [0, 0.1) is 0 Å². The van der Waals surface area contributed by atoms with E-state index in [1.165, 1.54) is 19.1 Å². The number of carbonyl (C=O) groups excluding carboxylic acids is 1. The van der Waals surface area contributed by atoms with Crippen LogP contribution in [0.5, 0.6) is 17.2 Å². The van der Waals surface area contributed by atoms with Gasteiger partial charge in [-0.25, -0.2) is 8.42 Å². The average molecular weight is 376 g/mol. The van der Waals surface area contributed by atoms with Crippen LogP contribution in [0.2, 0.25) is 0 Å². The second kappa shape index (κ2) is 6.10. The van der Waals surface area contributed by atoms with Crippen molar-refractivity contribution < 1.29 is 27.4 Å². The van der Waals surface area contributed by atoms with E-state index in [0.717, 1.165) is 0 Å². The van der Waals surface area contributed by atoms with E-state index in [1.807, 2.05) is 0 Å². The number of sulfonamides is 1. The monoisotopic (exact) mass is 376 g/mol. The lowest BCUT2D eigenvalue weighted by atomic mass is 10.2. The zero-order valence-corrected chi connectivity index (χ0v) is 14.7. The Morgan fingerprint density at radius 3 is 2.62 bits per heavy atom. The van der Waals surface area contributed by atoms with Gasteiger partial charge in [-0.3, -0.25) is 9.52 Å². The van der Waals surface area contributed by atoms with E-state index < -0.39 is 10.0 Å². The molecule has 0 saturated heterocycles. The molecule has 9 heteroatoms. The molecule has 4 rings (SSSR count). The maximum Gasteiger partial charge on any atom is 0.262 e. The number of ether oxygens (including phenoxy) is 3. The Morgan fingerprint density at radius 2 is 1.81 bits per heavy atom. The number of hydrogen-bond acceptors (Lipinski definition) is 6. The number of hydrogen-bond donors (Lipinski definition) is 1. The second-order valence-electron chi connectivity index (χ2n) is 5.82. The Hall–Kier alpha value is -2.94. The minimum Gasteiger partial charge on any atom is -0.490 e. The Balaban J connectivity index is 1.64. The summed E-state index contributed by atoms with van der Waals surface area (Å²) in [5.74, 6) is 1.30. The lowest BCUT2D eigenvalue weighted by Gasteiger charge is -2.29. The van der Waals surface area contributed by atoms with Crippen LogP contribution in [-0.2, 0) is 14.8 Å². The predicted octanol–water partition coefficient (Wildman–Crippen LogP) is 1.96. The van der Waals surface area contributed by atoms with Gasteiger partial charge in [-0.15, -0.1) is 0 Å². The van der Waals surface area contributed by atoms with Crippen molar-refractivity contribution in [3.05, 3.63) is 36.4 Å². The molecule has 8 nitrogen and oxygen atoms in total. The number of rotatable bonds is 3. The van der Waals surface area contributed by atoms with Gasteiger partial charge in [-0.1, -0.05) is 0 Å². The number of nitrogens with one attached hydrogen (secondary N) is 1. The first-order valence-electron chi connectivity index (χ1n) is 7.91. The highest BCUT2D eigenvalue weighted by Gasteiger charge is 2.24. The minimum absolute atomic E-state index is 0.0548. The van der Waals surface area contributed by atoms with Crippen molar-refractivity contribution in [2.45, 2.75) is 11.8 Å². The normalized spacial score (nSPS) is 15.2. The molecule has 2 heterocycles. The SMILES string of the molecule is CC(=O)N1CCOc2ccc(NS(=O)(=O)c3ccc4c(c3)OCO4)cc21. The molecule has 0 radical (unpaired) electrons. The Kier molecular flexibility index (Phi) is 3.87. The summed E-state index contributed by atoms with van der Waals surface area (Å²) >= 11 is 0. The molecular weight excluding hydrogens is 360 g/mol. The minimum atomic E-state index is -3.83. The average Bonchev–Trinajstić information content (AvgIpc) is 3.08. The van der Waals surface area contributed by atoms with E-state index in [0.29, 0.717) is 41.8 Å². The van der Waals surface area contributed by atoms with Gasteiger partial charge in [0.15, 0.2) is 11.5 Å². The lowest BCUT2D eigenvalue weighted by molar-refractivity contribution is -0.116. The summed E-state index contributed by atoms with van der Waals surface area (Å²) in [5.41, 5.74) is 0.868. The summed E-state index contributed by atoms with van der Waals surface area (Å²) in [7, 11) is -3.83. The van der Waals surface area contributed by atoms with Crippen molar-refractivity contribution >= 4 is 27.3 Å². The molecule has 0 aliphatic carbocycles. The number of anilines is 2. The second-order valence-corrected chi connectivity index (χ2v) is 7.50. The topological polar surface area (TPSA) is 94.2 Å². The summed E-state index contributed by atoms with van der Waals surface area (Å²) in [6.07, 6.45) is 0. The van der Waals surface area contributed by atoms with Gasteiger partial charge in [-0.05, 0) is 30.3 Å². The standard InChI is InChI=1S/C17H16N2O6S/c1-11(20)19-6-7-23-15-4-2-12(8-14(15)19)18-26(21,22)13-3-5-16-17(9-13)25-10-24-16/h2-5,8-9,18H,6-7,10H2,1H3. The highest BCUT2D eigenvalue weighted by atomic mass is 32.2. The van der Waals surface area contributed by atoms with Gasteiger partial charge in [0.05, 0.1) is 22.8 Å². The zero-order chi connectivity index (χ0) is 18.3. The van der Waals surface area contributed by atoms with E-state index in [-0.39, 0.29) is 17.6 Å². The van der Waals surface area contributed by atoms with Gasteiger partial charge in [-0.2, -0.15) is 0 Å². The molecule has 0 unspecified atom stereocenters. The molecule has 0 atom stereocenters. The third-order valence-electron chi connectivity index (χ3n) is 4.11. The van der Waals surface area contributed by atoms with Gasteiger partial charge in [0.25, 0.3) is 10.0 Å². The Morgan fingerprint density at radius 1 is 1.04 bits per heavy atom. The molecule has 0 aromatic heterocycles. The quantitative estimate of drug-likeness (QED) is 0.880. The Labute approximate surface area is 150 Å². The summed E-state index contributed by atoms with van der Waals surface area (Å²) in [5, 5.41) is 0. The van der Waals surface area contributed by atoms with Crippen molar-refractivity contribution in [3.63, 3.8) is 0 Å². The zero-order valence-electron chi connectivity index (χ0n) is 13.9. The first-order chi connectivity index (χ1) is 12.4. The van der Waals surface area contributed by atoms with Gasteiger partial charge in [0.2, 0.25) is 12.7 Å². The van der Waals surface area contributed by atoms with Crippen LogP contribution in [0.1, 0.15) is 6.92 Å². The maximum absolute atomic E-state index is 12.7. The smallest absolute Gasteiger partial charge is 0.262 e. The molecule has 26 heavy (non-hydrogen) atoms. The van der Waals surface area contributed by atoms with E-state index >= 15 is 0 Å². The van der Waals surface area contributed by atoms with Crippen LogP contribution < -0.4 is 23.8 Å². The molecule has 1 N–H and O–H groups in total. The Bertz CT molecular complexity index is 989. The van der Waals surface area contributed by atoms with E-state index in [1.54, 1.807) is 29.2 Å². The van der Waals surface area contributed by atoms with Crippen molar-refractivity contribution in [1.29, 1.82) is 0 Å². The van der Waals surface area contributed by atoms with Crippen LogP contribution in [0.25, 0.3) is 0 Å². The number of amides is 1. The van der Waals surface area contributed by atoms with E-state index in [9.17, 15) is 13.2 Å². The molecular formula is C17H16N2O6S. The van der Waals surface area contributed by atoms with Gasteiger partial charge in [0.1, 0.15) is 12.4 Å². The third-order valence-corrected chi connectivity index (χ3v) is 5.49. The molecule has 2 aliphatic heterocycles. The van der Waals surface area contributed by atoms with Gasteiger partial charge < -0.3 is 19.1 Å². The number of carbonyl (C=O) groups is 1.